The number of rotatable bonds is 8. The van der Waals surface area contributed by atoms with Crippen molar-refractivity contribution in [1.29, 1.82) is 0 Å². The molecule has 0 radical (unpaired) electrons. The number of carbonyl (C=O) groups is 1. The maximum Gasteiger partial charge on any atom is 0.335 e. The molecule has 2 heterocycles. The Labute approximate surface area is 281 Å². The highest BCUT2D eigenvalue weighted by Gasteiger charge is 2.47. The highest BCUT2D eigenvalue weighted by atomic mass is 35.5. The molecule has 1 spiro atoms. The minimum Gasteiger partial charge on any atom is -0.490 e. The number of aryl methyl sites for hydroxylation is 1. The van der Waals surface area contributed by atoms with E-state index in [-0.39, 0.29) is 34.1 Å². The van der Waals surface area contributed by atoms with Gasteiger partial charge >= 0.3 is 5.97 Å². The van der Waals surface area contributed by atoms with E-state index < -0.39 is 21.1 Å². The van der Waals surface area contributed by atoms with E-state index >= 15 is 0 Å². The predicted octanol–water partition coefficient (Wildman–Crippen LogP) is 6.38. The van der Waals surface area contributed by atoms with Crippen LogP contribution in [0.5, 0.6) is 5.75 Å². The number of fused-ring (bicyclic) bond motifs is 3. The molecule has 47 heavy (non-hydrogen) atoms. The van der Waals surface area contributed by atoms with Gasteiger partial charge in [-0.15, -0.1) is 0 Å². The zero-order valence-corrected chi connectivity index (χ0v) is 28.3. The molecule has 1 N–H and O–H groups in total. The lowest BCUT2D eigenvalue weighted by molar-refractivity contribution is -0.0589. The number of hydrogen-bond donors (Lipinski definition) is 1. The quantitative estimate of drug-likeness (QED) is 0.271. The molecule has 0 bridgehead atoms. The van der Waals surface area contributed by atoms with Crippen molar-refractivity contribution in [3.8, 4) is 5.75 Å². The number of carboxylic acids is 1. The largest absolute Gasteiger partial charge is 0.490 e. The Morgan fingerprint density at radius 1 is 1.13 bits per heavy atom. The van der Waals surface area contributed by atoms with Crippen LogP contribution in [0.4, 0.5) is 5.69 Å². The summed E-state index contributed by atoms with van der Waals surface area (Å²) in [4.78, 5) is 22.6. The average Bonchev–Trinajstić information content (AvgIpc) is 3.22. The minimum absolute atomic E-state index is 0.0667. The molecule has 7 rings (SSSR count). The van der Waals surface area contributed by atoms with Crippen LogP contribution in [-0.4, -0.2) is 67.6 Å². The molecule has 0 unspecified atom stereocenters. The molecule has 0 saturated heterocycles. The monoisotopic (exact) mass is 679 g/mol. The molecule has 0 amide bonds. The lowest BCUT2D eigenvalue weighted by atomic mass is 9.65. The number of anilines is 1. The Morgan fingerprint density at radius 3 is 2.70 bits per heavy atom. The summed E-state index contributed by atoms with van der Waals surface area (Å²) in [5.41, 5.74) is 3.31. The third-order valence-corrected chi connectivity index (χ3v) is 13.5. The van der Waals surface area contributed by atoms with E-state index in [0.717, 1.165) is 62.2 Å². The van der Waals surface area contributed by atoms with E-state index in [1.54, 1.807) is 31.4 Å². The maximum atomic E-state index is 13.5. The van der Waals surface area contributed by atoms with Gasteiger partial charge in [-0.3, -0.25) is 0 Å². The Bertz CT molecular complexity index is 1740. The number of halogens is 1. The number of methoxy groups -OCH3 is 1. The summed E-state index contributed by atoms with van der Waals surface area (Å²) in [6.45, 7) is 1.95. The van der Waals surface area contributed by atoms with E-state index in [0.29, 0.717) is 37.7 Å². The van der Waals surface area contributed by atoms with Crippen molar-refractivity contribution < 1.29 is 27.8 Å². The van der Waals surface area contributed by atoms with Gasteiger partial charge in [0.1, 0.15) is 5.75 Å². The fourth-order valence-corrected chi connectivity index (χ4v) is 10.7. The lowest BCUT2D eigenvalue weighted by Gasteiger charge is -2.48. The Morgan fingerprint density at radius 2 is 1.96 bits per heavy atom. The summed E-state index contributed by atoms with van der Waals surface area (Å²) in [7, 11) is -1.88. The van der Waals surface area contributed by atoms with Gasteiger partial charge in [0, 0.05) is 43.0 Å². The molecule has 250 valence electrons. The third kappa shape index (κ3) is 6.13. The Kier molecular flexibility index (Phi) is 8.95. The Balaban J connectivity index is 1.16. The van der Waals surface area contributed by atoms with Gasteiger partial charge in [0.05, 0.1) is 29.2 Å². The smallest absolute Gasteiger partial charge is 0.335 e. The van der Waals surface area contributed by atoms with E-state index in [9.17, 15) is 18.3 Å². The second-order valence-electron chi connectivity index (χ2n) is 13.9. The standard InChI is InChI=1S/C36H42ClN3O6S/c1-45-33(24-5-2-7-28(18-24)47(43,44)35-38-15-4-16-39-35)29-11-8-26(29)20-40-21-36(14-3-6-23-17-27(37)10-12-30(23)36)22-46-32-13-9-25(34(41)42)19-31(32)40/h4,9-10,12-13,15-17,19,24,26,28-29,33H,2-3,5-8,11,14,18,20-22H2,1H3,(H,41,42)/t24-,26+,28-,29-,33-,36-/m1/s1. The van der Waals surface area contributed by atoms with Gasteiger partial charge in [0.2, 0.25) is 15.0 Å². The van der Waals surface area contributed by atoms with Crippen molar-refractivity contribution >= 4 is 33.1 Å². The molecule has 1 aliphatic heterocycles. The van der Waals surface area contributed by atoms with Gasteiger partial charge in [-0.25, -0.2) is 23.2 Å². The summed E-state index contributed by atoms with van der Waals surface area (Å²) in [6, 6.07) is 13.0. The number of sulfone groups is 1. The number of hydrogen-bond acceptors (Lipinski definition) is 8. The van der Waals surface area contributed by atoms with E-state index in [4.69, 9.17) is 21.1 Å². The van der Waals surface area contributed by atoms with Crippen LogP contribution in [-0.2, 0) is 26.4 Å². The number of ether oxygens (including phenoxy) is 2. The van der Waals surface area contributed by atoms with Crippen LogP contribution in [0.15, 0.2) is 60.0 Å². The fourth-order valence-electron chi connectivity index (χ4n) is 8.84. The van der Waals surface area contributed by atoms with Crippen molar-refractivity contribution in [2.45, 2.75) is 79.7 Å². The molecule has 11 heteroatoms. The Hall–Kier alpha value is -3.21. The third-order valence-electron chi connectivity index (χ3n) is 11.3. The SMILES string of the molecule is CO[C@H]([C@@H]1CCC[C@@H](S(=O)(=O)c2ncccn2)C1)[C@@H]1CC[C@H]1CN1C[C@]2(CCCc3cc(Cl)ccc32)COc2ccc(C(=O)O)cc21. The molecule has 2 saturated carbocycles. The molecule has 6 atom stereocenters. The van der Waals surface area contributed by atoms with Crippen molar-refractivity contribution in [2.24, 2.45) is 17.8 Å². The molecule has 2 aromatic carbocycles. The normalized spacial score (nSPS) is 27.9. The highest BCUT2D eigenvalue weighted by molar-refractivity contribution is 7.91. The first-order chi connectivity index (χ1) is 22.7. The minimum atomic E-state index is -3.64. The molecule has 4 aliphatic rings. The van der Waals surface area contributed by atoms with Crippen LogP contribution in [0.25, 0.3) is 0 Å². The average molecular weight is 680 g/mol. The van der Waals surface area contributed by atoms with Gasteiger partial charge in [-0.05, 0) is 117 Å². The van der Waals surface area contributed by atoms with Crippen LogP contribution in [0.3, 0.4) is 0 Å². The van der Waals surface area contributed by atoms with Crippen LogP contribution >= 0.6 is 11.6 Å². The second-order valence-corrected chi connectivity index (χ2v) is 16.5. The number of benzene rings is 2. The van der Waals surface area contributed by atoms with Crippen LogP contribution < -0.4 is 9.64 Å². The first-order valence-electron chi connectivity index (χ1n) is 16.8. The van der Waals surface area contributed by atoms with Crippen LogP contribution in [0.2, 0.25) is 5.02 Å². The lowest BCUT2D eigenvalue weighted by Crippen LogP contribution is -2.51. The summed E-state index contributed by atoms with van der Waals surface area (Å²) in [6.07, 6.45) is 10.8. The summed E-state index contributed by atoms with van der Waals surface area (Å²) in [5, 5.41) is 10.0. The number of aromatic nitrogens is 2. The molecule has 9 nitrogen and oxygen atoms in total. The molecular weight excluding hydrogens is 638 g/mol. The van der Waals surface area contributed by atoms with E-state index in [1.165, 1.54) is 23.5 Å². The first kappa shape index (κ1) is 32.3. The van der Waals surface area contributed by atoms with Crippen LogP contribution in [0.1, 0.15) is 72.9 Å². The van der Waals surface area contributed by atoms with E-state index in [2.05, 4.69) is 27.0 Å². The fraction of sp³-hybridized carbons (Fsp3) is 0.528. The van der Waals surface area contributed by atoms with Crippen molar-refractivity contribution in [3.05, 3.63) is 76.6 Å². The highest BCUT2D eigenvalue weighted by Crippen LogP contribution is 2.48. The van der Waals surface area contributed by atoms with Crippen LogP contribution in [0, 0.1) is 17.8 Å². The van der Waals surface area contributed by atoms with Gasteiger partial charge in [-0.1, -0.05) is 24.1 Å². The molecule has 2 fully saturated rings. The summed E-state index contributed by atoms with van der Waals surface area (Å²) in [5.74, 6) is 0.426. The van der Waals surface area contributed by atoms with Gasteiger partial charge < -0.3 is 19.5 Å². The molecule has 3 aliphatic carbocycles. The molecule has 3 aromatic rings. The van der Waals surface area contributed by atoms with E-state index in [1.807, 2.05) is 6.07 Å². The number of aromatic carboxylic acids is 1. The van der Waals surface area contributed by atoms with Gasteiger partial charge in [0.25, 0.3) is 0 Å². The summed E-state index contributed by atoms with van der Waals surface area (Å²) >= 11 is 6.42. The van der Waals surface area contributed by atoms with Gasteiger partial charge in [0.15, 0.2) is 0 Å². The van der Waals surface area contributed by atoms with Crippen molar-refractivity contribution in [1.82, 2.24) is 9.97 Å². The van der Waals surface area contributed by atoms with Crippen molar-refractivity contribution in [3.63, 3.8) is 0 Å². The van der Waals surface area contributed by atoms with Gasteiger partial charge in [-0.2, -0.15) is 0 Å². The topological polar surface area (TPSA) is 119 Å². The zero-order valence-electron chi connectivity index (χ0n) is 26.7. The van der Waals surface area contributed by atoms with Crippen molar-refractivity contribution in [2.75, 3.05) is 31.7 Å². The molecular formula is C36H42ClN3O6S. The molecule has 1 aromatic heterocycles. The summed E-state index contributed by atoms with van der Waals surface area (Å²) < 4.78 is 39.7. The predicted molar refractivity (Wildman–Crippen MR) is 179 cm³/mol. The number of carboxylic acid groups (broad SMARTS) is 1. The number of nitrogens with zero attached hydrogens (tertiary/aromatic N) is 3. The maximum absolute atomic E-state index is 13.5. The zero-order chi connectivity index (χ0) is 32.8. The first-order valence-corrected chi connectivity index (χ1v) is 18.7. The second kappa shape index (κ2) is 13.0.